The van der Waals surface area contributed by atoms with Gasteiger partial charge in [0.25, 0.3) is 0 Å². The number of aromatic nitrogens is 4. The van der Waals surface area contributed by atoms with Gasteiger partial charge in [0, 0.05) is 55.6 Å². The van der Waals surface area contributed by atoms with Crippen LogP contribution in [-0.2, 0) is 26.1 Å². The van der Waals surface area contributed by atoms with Gasteiger partial charge in [0.15, 0.2) is 5.82 Å². The van der Waals surface area contributed by atoms with Crippen LogP contribution in [0.25, 0.3) is 10.9 Å². The molecule has 2 aromatic heterocycles. The first kappa shape index (κ1) is 15.1. The number of rotatable bonds is 4. The molecular weight excluding hydrogens is 310 g/mol. The van der Waals surface area contributed by atoms with Gasteiger partial charge in [-0.15, -0.1) is 0 Å². The molecule has 0 amide bonds. The molecule has 0 saturated heterocycles. The quantitative estimate of drug-likeness (QED) is 0.735. The molecule has 0 bridgehead atoms. The molecule has 0 unspecified atom stereocenters. The van der Waals surface area contributed by atoms with E-state index in [0.29, 0.717) is 5.92 Å². The van der Waals surface area contributed by atoms with Crippen molar-refractivity contribution >= 4 is 10.9 Å². The minimum atomic E-state index is 0.649. The Kier molecular flexibility index (Phi) is 3.63. The van der Waals surface area contributed by atoms with E-state index in [1.807, 2.05) is 0 Å². The highest BCUT2D eigenvalue weighted by Gasteiger charge is 2.29. The smallest absolute Gasteiger partial charge is 0.154 e. The van der Waals surface area contributed by atoms with Gasteiger partial charge in [-0.25, -0.2) is 9.67 Å². The third kappa shape index (κ3) is 2.76. The Morgan fingerprint density at radius 3 is 2.88 bits per heavy atom. The summed E-state index contributed by atoms with van der Waals surface area (Å²) in [6.45, 7) is 7.30. The molecule has 0 radical (unpaired) electrons. The Hall–Kier alpha value is -2.14. The SMILES string of the molecule is CCn1ccc2c(CN3CCc4nc(C5CC5)nn4CC3)cccc21. The van der Waals surface area contributed by atoms with Gasteiger partial charge in [-0.1, -0.05) is 12.1 Å². The third-order valence-electron chi connectivity index (χ3n) is 5.63. The molecule has 0 spiro atoms. The summed E-state index contributed by atoms with van der Waals surface area (Å²) in [6.07, 6.45) is 5.76. The zero-order valence-electron chi connectivity index (χ0n) is 14.9. The van der Waals surface area contributed by atoms with Gasteiger partial charge in [0.1, 0.15) is 5.82 Å². The van der Waals surface area contributed by atoms with E-state index >= 15 is 0 Å². The van der Waals surface area contributed by atoms with Crippen LogP contribution in [0, 0.1) is 0 Å². The maximum atomic E-state index is 4.80. The summed E-state index contributed by atoms with van der Waals surface area (Å²) in [5.74, 6) is 2.92. The van der Waals surface area contributed by atoms with Crippen molar-refractivity contribution in [3.05, 3.63) is 47.7 Å². The lowest BCUT2D eigenvalue weighted by Gasteiger charge is -2.20. The molecular formula is C20H25N5. The Labute approximate surface area is 148 Å². The first-order chi connectivity index (χ1) is 12.3. The lowest BCUT2D eigenvalue weighted by molar-refractivity contribution is 0.269. The van der Waals surface area contributed by atoms with Crippen LogP contribution >= 0.6 is 0 Å². The summed E-state index contributed by atoms with van der Waals surface area (Å²) in [4.78, 5) is 7.35. The van der Waals surface area contributed by atoms with Crippen LogP contribution in [0.1, 0.15) is 42.9 Å². The molecule has 1 aliphatic carbocycles. The summed E-state index contributed by atoms with van der Waals surface area (Å²) >= 11 is 0. The van der Waals surface area contributed by atoms with Crippen molar-refractivity contribution in [2.75, 3.05) is 13.1 Å². The number of hydrogen-bond donors (Lipinski definition) is 0. The molecule has 1 fully saturated rings. The Bertz CT molecular complexity index is 877. The molecule has 2 aliphatic rings. The van der Waals surface area contributed by atoms with Gasteiger partial charge >= 0.3 is 0 Å². The van der Waals surface area contributed by atoms with Gasteiger partial charge in [0.2, 0.25) is 0 Å². The van der Waals surface area contributed by atoms with E-state index in [9.17, 15) is 0 Å². The fourth-order valence-corrected chi connectivity index (χ4v) is 3.98. The Morgan fingerprint density at radius 1 is 1.12 bits per heavy atom. The minimum Gasteiger partial charge on any atom is -0.348 e. The molecule has 0 N–H and O–H groups in total. The van der Waals surface area contributed by atoms with Gasteiger partial charge in [-0.05, 0) is 37.5 Å². The van der Waals surface area contributed by atoms with E-state index in [2.05, 4.69) is 51.5 Å². The van der Waals surface area contributed by atoms with E-state index in [-0.39, 0.29) is 0 Å². The van der Waals surface area contributed by atoms with Gasteiger partial charge in [-0.2, -0.15) is 5.10 Å². The van der Waals surface area contributed by atoms with Crippen LogP contribution in [-0.4, -0.2) is 37.3 Å². The molecule has 3 heterocycles. The van der Waals surface area contributed by atoms with E-state index in [1.165, 1.54) is 35.1 Å². The molecule has 5 heteroatoms. The minimum absolute atomic E-state index is 0.649. The highest BCUT2D eigenvalue weighted by molar-refractivity contribution is 5.83. The van der Waals surface area contributed by atoms with E-state index in [4.69, 9.17) is 10.1 Å². The van der Waals surface area contributed by atoms with Crippen LogP contribution in [0.3, 0.4) is 0 Å². The van der Waals surface area contributed by atoms with Crippen molar-refractivity contribution in [2.24, 2.45) is 0 Å². The molecule has 5 nitrogen and oxygen atoms in total. The fourth-order valence-electron chi connectivity index (χ4n) is 3.98. The first-order valence-corrected chi connectivity index (χ1v) is 9.54. The molecule has 3 aromatic rings. The standard InChI is InChI=1S/C20H25N5/c1-2-24-11-8-17-16(4-3-5-18(17)24)14-23-10-9-19-21-20(15-6-7-15)22-25(19)13-12-23/h3-5,8,11,15H,2,6-7,9-10,12-14H2,1H3. The third-order valence-corrected chi connectivity index (χ3v) is 5.63. The highest BCUT2D eigenvalue weighted by Crippen LogP contribution is 2.38. The lowest BCUT2D eigenvalue weighted by Crippen LogP contribution is -2.26. The van der Waals surface area contributed by atoms with Crippen LogP contribution < -0.4 is 0 Å². The van der Waals surface area contributed by atoms with Crippen molar-refractivity contribution in [1.29, 1.82) is 0 Å². The predicted octanol–water partition coefficient (Wildman–Crippen LogP) is 3.19. The molecule has 25 heavy (non-hydrogen) atoms. The fraction of sp³-hybridized carbons (Fsp3) is 0.500. The van der Waals surface area contributed by atoms with Crippen molar-refractivity contribution in [3.8, 4) is 0 Å². The molecule has 5 rings (SSSR count). The number of benzene rings is 1. The van der Waals surface area contributed by atoms with Gasteiger partial charge in [-0.3, -0.25) is 4.90 Å². The molecule has 130 valence electrons. The Balaban J connectivity index is 1.33. The monoisotopic (exact) mass is 335 g/mol. The number of hydrogen-bond acceptors (Lipinski definition) is 3. The van der Waals surface area contributed by atoms with Crippen LogP contribution in [0.4, 0.5) is 0 Å². The summed E-state index contributed by atoms with van der Waals surface area (Å²) in [5.41, 5.74) is 2.77. The summed E-state index contributed by atoms with van der Waals surface area (Å²) in [7, 11) is 0. The molecule has 1 saturated carbocycles. The molecule has 1 aromatic carbocycles. The normalized spacial score (nSPS) is 18.4. The maximum absolute atomic E-state index is 4.80. The van der Waals surface area contributed by atoms with E-state index < -0.39 is 0 Å². The zero-order chi connectivity index (χ0) is 16.8. The predicted molar refractivity (Wildman–Crippen MR) is 98.6 cm³/mol. The average Bonchev–Trinajstić information content (AvgIpc) is 3.31. The zero-order valence-corrected chi connectivity index (χ0v) is 14.9. The van der Waals surface area contributed by atoms with E-state index in [1.54, 1.807) is 0 Å². The summed E-state index contributed by atoms with van der Waals surface area (Å²) in [5, 5.41) is 6.14. The summed E-state index contributed by atoms with van der Waals surface area (Å²) < 4.78 is 4.47. The van der Waals surface area contributed by atoms with Crippen molar-refractivity contribution in [2.45, 2.75) is 51.7 Å². The van der Waals surface area contributed by atoms with Gasteiger partial charge < -0.3 is 4.57 Å². The van der Waals surface area contributed by atoms with Crippen molar-refractivity contribution in [3.63, 3.8) is 0 Å². The summed E-state index contributed by atoms with van der Waals surface area (Å²) in [6, 6.07) is 8.95. The number of nitrogens with zero attached hydrogens (tertiary/aromatic N) is 5. The van der Waals surface area contributed by atoms with Crippen LogP contribution in [0.5, 0.6) is 0 Å². The second-order valence-electron chi connectivity index (χ2n) is 7.36. The van der Waals surface area contributed by atoms with Gasteiger partial charge in [0.05, 0.1) is 6.54 Å². The molecule has 0 atom stereocenters. The second-order valence-corrected chi connectivity index (χ2v) is 7.36. The largest absolute Gasteiger partial charge is 0.348 e. The van der Waals surface area contributed by atoms with Crippen LogP contribution in [0.15, 0.2) is 30.5 Å². The topological polar surface area (TPSA) is 38.9 Å². The lowest BCUT2D eigenvalue weighted by atomic mass is 10.1. The number of aryl methyl sites for hydroxylation is 1. The molecule has 1 aliphatic heterocycles. The number of fused-ring (bicyclic) bond motifs is 2. The Morgan fingerprint density at radius 2 is 2.04 bits per heavy atom. The van der Waals surface area contributed by atoms with Crippen LogP contribution in [0.2, 0.25) is 0 Å². The average molecular weight is 335 g/mol. The van der Waals surface area contributed by atoms with E-state index in [0.717, 1.165) is 45.0 Å². The van der Waals surface area contributed by atoms with Crippen molar-refractivity contribution < 1.29 is 0 Å². The maximum Gasteiger partial charge on any atom is 0.154 e. The van der Waals surface area contributed by atoms with Crippen molar-refractivity contribution in [1.82, 2.24) is 24.2 Å². The first-order valence-electron chi connectivity index (χ1n) is 9.54. The second kappa shape index (κ2) is 5.99. The highest BCUT2D eigenvalue weighted by atomic mass is 15.4.